The summed E-state index contributed by atoms with van der Waals surface area (Å²) in [5.74, 6) is 0.504. The number of rotatable bonds is 6. The molecule has 3 aromatic rings. The SMILES string of the molecule is COc1ccc(N(C)[S+]([O-])c2ccc(C(=O)Nc3ccncc3)cc2)cc1. The molecule has 7 heteroatoms. The number of hydrogen-bond acceptors (Lipinski definition) is 5. The van der Waals surface area contributed by atoms with Crippen LogP contribution < -0.4 is 14.4 Å². The van der Waals surface area contributed by atoms with Crippen LogP contribution in [-0.4, -0.2) is 29.6 Å². The second kappa shape index (κ2) is 8.57. The topological polar surface area (TPSA) is 77.5 Å². The summed E-state index contributed by atoms with van der Waals surface area (Å²) in [5, 5.41) is 2.79. The number of aromatic nitrogens is 1. The van der Waals surface area contributed by atoms with Gasteiger partial charge < -0.3 is 14.6 Å². The Balaban J connectivity index is 1.69. The van der Waals surface area contributed by atoms with E-state index >= 15 is 0 Å². The van der Waals surface area contributed by atoms with Gasteiger partial charge in [0, 0.05) is 23.6 Å². The van der Waals surface area contributed by atoms with Crippen molar-refractivity contribution >= 4 is 28.6 Å². The molecule has 0 spiro atoms. The van der Waals surface area contributed by atoms with Crippen molar-refractivity contribution in [3.63, 3.8) is 0 Å². The molecule has 1 N–H and O–H groups in total. The van der Waals surface area contributed by atoms with Crippen LogP contribution >= 0.6 is 0 Å². The molecule has 0 radical (unpaired) electrons. The molecule has 0 aliphatic rings. The second-order valence-electron chi connectivity index (χ2n) is 5.66. The number of benzene rings is 2. The van der Waals surface area contributed by atoms with E-state index < -0.39 is 11.4 Å². The van der Waals surface area contributed by atoms with Gasteiger partial charge in [-0.1, -0.05) is 0 Å². The molecule has 0 aliphatic heterocycles. The molecule has 1 amide bonds. The minimum absolute atomic E-state index is 0.234. The molecule has 2 aromatic carbocycles. The molecule has 3 rings (SSSR count). The highest BCUT2D eigenvalue weighted by atomic mass is 32.2. The fourth-order valence-corrected chi connectivity index (χ4v) is 3.41. The Kier molecular flexibility index (Phi) is 5.95. The minimum Gasteiger partial charge on any atom is -0.588 e. The fourth-order valence-electron chi connectivity index (χ4n) is 2.41. The van der Waals surface area contributed by atoms with Gasteiger partial charge in [-0.05, 0) is 60.7 Å². The van der Waals surface area contributed by atoms with Gasteiger partial charge in [0.05, 0.1) is 19.8 Å². The summed E-state index contributed by atoms with van der Waals surface area (Å²) in [6.45, 7) is 0. The van der Waals surface area contributed by atoms with Gasteiger partial charge in [-0.3, -0.25) is 9.78 Å². The van der Waals surface area contributed by atoms with Crippen molar-refractivity contribution in [2.45, 2.75) is 4.90 Å². The van der Waals surface area contributed by atoms with E-state index in [2.05, 4.69) is 10.3 Å². The van der Waals surface area contributed by atoms with E-state index in [-0.39, 0.29) is 5.91 Å². The Morgan fingerprint density at radius 2 is 1.67 bits per heavy atom. The number of hydrogen-bond donors (Lipinski definition) is 1. The number of anilines is 2. The lowest BCUT2D eigenvalue weighted by Crippen LogP contribution is -2.26. The standard InChI is InChI=1S/C20H19N3O3S/c1-23(17-5-7-18(26-2)8-6-17)27(25)19-9-3-15(4-10-19)20(24)22-16-11-13-21-14-12-16/h3-14H,1-2H3,(H,21,22,24). The van der Waals surface area contributed by atoms with Crippen molar-refractivity contribution in [3.8, 4) is 5.75 Å². The molecular weight excluding hydrogens is 362 g/mol. The normalized spacial score (nSPS) is 11.5. The first-order valence-electron chi connectivity index (χ1n) is 8.19. The first-order chi connectivity index (χ1) is 13.1. The molecule has 0 bridgehead atoms. The van der Waals surface area contributed by atoms with E-state index in [1.807, 2.05) is 24.3 Å². The first kappa shape index (κ1) is 18.8. The molecule has 6 nitrogen and oxygen atoms in total. The van der Waals surface area contributed by atoms with Gasteiger partial charge in [0.25, 0.3) is 5.91 Å². The van der Waals surface area contributed by atoms with Gasteiger partial charge >= 0.3 is 0 Å². The van der Waals surface area contributed by atoms with E-state index in [0.29, 0.717) is 16.1 Å². The average Bonchev–Trinajstić information content (AvgIpc) is 2.73. The monoisotopic (exact) mass is 381 g/mol. The summed E-state index contributed by atoms with van der Waals surface area (Å²) in [4.78, 5) is 16.8. The van der Waals surface area contributed by atoms with Crippen LogP contribution in [0, 0.1) is 0 Å². The summed E-state index contributed by atoms with van der Waals surface area (Å²) in [6.07, 6.45) is 3.22. The van der Waals surface area contributed by atoms with Crippen LogP contribution in [0.3, 0.4) is 0 Å². The zero-order valence-electron chi connectivity index (χ0n) is 15.0. The highest BCUT2D eigenvalue weighted by Crippen LogP contribution is 2.24. The highest BCUT2D eigenvalue weighted by Gasteiger charge is 2.19. The first-order valence-corrected chi connectivity index (χ1v) is 9.30. The molecule has 0 saturated carbocycles. The Morgan fingerprint density at radius 1 is 1.04 bits per heavy atom. The molecule has 0 fully saturated rings. The number of ether oxygens (including phenoxy) is 1. The molecule has 27 heavy (non-hydrogen) atoms. The predicted octanol–water partition coefficient (Wildman–Crippen LogP) is 3.50. The lowest BCUT2D eigenvalue weighted by atomic mass is 10.2. The number of carbonyl (C=O) groups is 1. The van der Waals surface area contributed by atoms with Gasteiger partial charge in [-0.2, -0.15) is 4.31 Å². The van der Waals surface area contributed by atoms with Gasteiger partial charge in [0.1, 0.15) is 17.1 Å². The van der Waals surface area contributed by atoms with E-state index in [1.54, 1.807) is 67.3 Å². The van der Waals surface area contributed by atoms with Crippen molar-refractivity contribution in [2.24, 2.45) is 0 Å². The molecule has 1 aromatic heterocycles. The van der Waals surface area contributed by atoms with E-state index in [4.69, 9.17) is 4.74 Å². The maximum absolute atomic E-state index is 12.8. The zero-order chi connectivity index (χ0) is 19.2. The molecule has 1 heterocycles. The van der Waals surface area contributed by atoms with Crippen LogP contribution in [0.2, 0.25) is 0 Å². The Labute approximate surface area is 161 Å². The van der Waals surface area contributed by atoms with E-state index in [9.17, 15) is 9.35 Å². The van der Waals surface area contributed by atoms with E-state index in [1.165, 1.54) is 0 Å². The summed E-state index contributed by atoms with van der Waals surface area (Å²) in [7, 11) is 3.35. The number of pyridine rings is 1. The summed E-state index contributed by atoms with van der Waals surface area (Å²) in [6, 6.07) is 17.4. The van der Waals surface area contributed by atoms with Crippen molar-refractivity contribution in [2.75, 3.05) is 23.8 Å². The van der Waals surface area contributed by atoms with Gasteiger partial charge in [0.2, 0.25) is 0 Å². The number of methoxy groups -OCH3 is 1. The lowest BCUT2D eigenvalue weighted by molar-refractivity contribution is 0.102. The smallest absolute Gasteiger partial charge is 0.255 e. The summed E-state index contributed by atoms with van der Waals surface area (Å²) in [5.41, 5.74) is 1.95. The third-order valence-corrected chi connectivity index (χ3v) is 5.32. The van der Waals surface area contributed by atoms with Crippen molar-refractivity contribution in [3.05, 3.63) is 78.6 Å². The van der Waals surface area contributed by atoms with Crippen molar-refractivity contribution in [1.82, 2.24) is 4.98 Å². The zero-order valence-corrected chi connectivity index (χ0v) is 15.8. The van der Waals surface area contributed by atoms with Crippen LogP contribution in [0.25, 0.3) is 0 Å². The number of nitrogens with one attached hydrogen (secondary N) is 1. The lowest BCUT2D eigenvalue weighted by Gasteiger charge is -2.21. The predicted molar refractivity (Wildman–Crippen MR) is 106 cm³/mol. The van der Waals surface area contributed by atoms with Crippen LogP contribution in [0.4, 0.5) is 11.4 Å². The Hall–Kier alpha value is -3.03. The Bertz CT molecular complexity index is 887. The summed E-state index contributed by atoms with van der Waals surface area (Å²) >= 11 is -1.39. The van der Waals surface area contributed by atoms with Gasteiger partial charge in [-0.25, -0.2) is 0 Å². The van der Waals surface area contributed by atoms with Gasteiger partial charge in [-0.15, -0.1) is 0 Å². The molecule has 1 unspecified atom stereocenters. The third-order valence-electron chi connectivity index (χ3n) is 3.94. The van der Waals surface area contributed by atoms with E-state index in [0.717, 1.165) is 11.4 Å². The van der Waals surface area contributed by atoms with Crippen molar-refractivity contribution in [1.29, 1.82) is 0 Å². The molecule has 1 atom stereocenters. The van der Waals surface area contributed by atoms with Crippen LogP contribution in [0.15, 0.2) is 78.0 Å². The van der Waals surface area contributed by atoms with Crippen molar-refractivity contribution < 1.29 is 14.1 Å². The summed E-state index contributed by atoms with van der Waals surface area (Å²) < 4.78 is 19.6. The third kappa shape index (κ3) is 4.58. The fraction of sp³-hybridized carbons (Fsp3) is 0.100. The Morgan fingerprint density at radius 3 is 2.26 bits per heavy atom. The van der Waals surface area contributed by atoms with Gasteiger partial charge in [0.15, 0.2) is 4.90 Å². The molecule has 0 saturated heterocycles. The largest absolute Gasteiger partial charge is 0.588 e. The van der Waals surface area contributed by atoms with Crippen LogP contribution in [-0.2, 0) is 11.4 Å². The molecule has 0 aliphatic carbocycles. The minimum atomic E-state index is -1.39. The molecular formula is C20H19N3O3S. The number of amides is 1. The van der Waals surface area contributed by atoms with Crippen LogP contribution in [0.1, 0.15) is 10.4 Å². The maximum Gasteiger partial charge on any atom is 0.255 e. The average molecular weight is 381 g/mol. The number of carbonyl (C=O) groups excluding carboxylic acids is 1. The van der Waals surface area contributed by atoms with Crippen LogP contribution in [0.5, 0.6) is 5.75 Å². The highest BCUT2D eigenvalue weighted by molar-refractivity contribution is 7.92. The number of nitrogens with zero attached hydrogens (tertiary/aromatic N) is 2. The molecule has 138 valence electrons. The second-order valence-corrected chi connectivity index (χ2v) is 7.18. The maximum atomic E-state index is 12.8. The quantitative estimate of drug-likeness (QED) is 0.661.